The van der Waals surface area contributed by atoms with Crippen molar-refractivity contribution in [1.82, 2.24) is 24.7 Å². The molecule has 4 aromatic rings. The Labute approximate surface area is 218 Å². The number of hydrogen-bond acceptors (Lipinski definition) is 8. The van der Waals surface area contributed by atoms with Crippen molar-refractivity contribution in [2.75, 3.05) is 31.0 Å². The maximum absolute atomic E-state index is 13.8. The van der Waals surface area contributed by atoms with Crippen LogP contribution in [0, 0.1) is 17.6 Å². The van der Waals surface area contributed by atoms with E-state index in [9.17, 15) is 8.78 Å². The number of fused-ring (bicyclic) bond motifs is 1. The first-order valence-electron chi connectivity index (χ1n) is 12.5. The fraction of sp³-hybridized carbons (Fsp3) is 0.333. The summed E-state index contributed by atoms with van der Waals surface area (Å²) < 4.78 is 40.8. The summed E-state index contributed by atoms with van der Waals surface area (Å²) in [7, 11) is 3.41. The average Bonchev–Trinajstić information content (AvgIpc) is 3.34. The Morgan fingerprint density at radius 2 is 1.92 bits per heavy atom. The maximum atomic E-state index is 13.8. The highest BCUT2D eigenvalue weighted by atomic mass is 19.1. The largest absolute Gasteiger partial charge is 0.494 e. The first-order chi connectivity index (χ1) is 18.5. The van der Waals surface area contributed by atoms with Crippen molar-refractivity contribution in [3.05, 3.63) is 71.9 Å². The molecule has 1 atom stereocenters. The molecule has 3 heterocycles. The van der Waals surface area contributed by atoms with E-state index in [2.05, 4.69) is 25.4 Å². The molecule has 1 fully saturated rings. The van der Waals surface area contributed by atoms with Gasteiger partial charge in [-0.05, 0) is 35.7 Å². The van der Waals surface area contributed by atoms with Crippen LogP contribution < -0.4 is 19.7 Å². The quantitative estimate of drug-likeness (QED) is 0.365. The number of likely N-dealkylation sites (N-methyl/N-ethyl adjacent to an activating group) is 1. The lowest BCUT2D eigenvalue weighted by molar-refractivity contribution is 0.264. The monoisotopic (exact) mass is 519 g/mol. The van der Waals surface area contributed by atoms with Gasteiger partial charge >= 0.3 is 0 Å². The van der Waals surface area contributed by atoms with E-state index >= 15 is 0 Å². The lowest BCUT2D eigenvalue weighted by Crippen LogP contribution is -2.34. The number of nitrogens with one attached hydrogen (secondary N) is 1. The number of hydrogen-bond donors (Lipinski definition) is 1. The van der Waals surface area contributed by atoms with Crippen molar-refractivity contribution in [3.8, 4) is 17.2 Å². The van der Waals surface area contributed by atoms with E-state index in [1.165, 1.54) is 31.4 Å². The van der Waals surface area contributed by atoms with E-state index in [-0.39, 0.29) is 6.61 Å². The zero-order chi connectivity index (χ0) is 26.2. The highest BCUT2D eigenvalue weighted by molar-refractivity contribution is 5.64. The molecule has 2 aromatic heterocycles. The van der Waals surface area contributed by atoms with Crippen LogP contribution in [0.5, 0.6) is 11.5 Å². The molecule has 0 spiro atoms. The van der Waals surface area contributed by atoms with E-state index in [0.717, 1.165) is 24.0 Å². The van der Waals surface area contributed by atoms with Gasteiger partial charge in [-0.15, -0.1) is 0 Å². The van der Waals surface area contributed by atoms with Gasteiger partial charge in [-0.3, -0.25) is 0 Å². The Morgan fingerprint density at radius 3 is 2.66 bits per heavy atom. The van der Waals surface area contributed by atoms with Crippen LogP contribution in [0.3, 0.4) is 0 Å². The first-order valence-corrected chi connectivity index (χ1v) is 12.5. The van der Waals surface area contributed by atoms with Gasteiger partial charge < -0.3 is 19.7 Å². The summed E-state index contributed by atoms with van der Waals surface area (Å²) in [6.45, 7) is 0.214. The standard InChI is InChI=1S/C27H27F2N7O2/c1-35-22(17-9-18(28)11-19(29)10-17)14-38-24-13-30-27(33-26(24)35)32-20-6-7-21(23(12-20)37-2)36-15-31-25(34-36)8-16-4-3-5-16/h6-7,9-13,15-16,22H,3-5,8,14H2,1-2H3,(H,30,32,33). The van der Waals surface area contributed by atoms with Crippen LogP contribution >= 0.6 is 0 Å². The van der Waals surface area contributed by atoms with Gasteiger partial charge in [0.2, 0.25) is 5.95 Å². The van der Waals surface area contributed by atoms with Crippen molar-refractivity contribution in [3.63, 3.8) is 0 Å². The third-order valence-corrected chi connectivity index (χ3v) is 7.12. The number of benzene rings is 2. The summed E-state index contributed by atoms with van der Waals surface area (Å²) in [6, 6.07) is 8.66. The minimum absolute atomic E-state index is 0.214. The molecule has 11 heteroatoms. The summed E-state index contributed by atoms with van der Waals surface area (Å²) in [4.78, 5) is 15.3. The molecule has 2 aliphatic rings. The molecule has 38 heavy (non-hydrogen) atoms. The second-order valence-corrected chi connectivity index (χ2v) is 9.64. The van der Waals surface area contributed by atoms with Crippen molar-refractivity contribution >= 4 is 17.5 Å². The van der Waals surface area contributed by atoms with Gasteiger partial charge in [0, 0.05) is 31.3 Å². The summed E-state index contributed by atoms with van der Waals surface area (Å²) >= 11 is 0. The molecule has 1 unspecified atom stereocenters. The summed E-state index contributed by atoms with van der Waals surface area (Å²) in [6.07, 6.45) is 7.97. The SMILES string of the molecule is COc1cc(Nc2ncc3c(n2)N(C)C(c2cc(F)cc(F)c2)CO3)ccc1-n1cnc(CC2CCC2)n1. The van der Waals surface area contributed by atoms with Crippen LogP contribution in [0.1, 0.15) is 36.7 Å². The van der Waals surface area contributed by atoms with E-state index in [4.69, 9.17) is 9.47 Å². The first kappa shape index (κ1) is 24.1. The highest BCUT2D eigenvalue weighted by Gasteiger charge is 2.29. The maximum Gasteiger partial charge on any atom is 0.229 e. The number of rotatable bonds is 7. The molecule has 1 N–H and O–H groups in total. The molecular weight excluding hydrogens is 492 g/mol. The van der Waals surface area contributed by atoms with Crippen LogP contribution in [0.4, 0.5) is 26.2 Å². The second kappa shape index (κ2) is 9.88. The van der Waals surface area contributed by atoms with Crippen LogP contribution in [0.2, 0.25) is 0 Å². The topological polar surface area (TPSA) is 90.2 Å². The molecule has 0 radical (unpaired) electrons. The predicted molar refractivity (Wildman–Crippen MR) is 137 cm³/mol. The van der Waals surface area contributed by atoms with Gasteiger partial charge in [-0.2, -0.15) is 10.1 Å². The van der Waals surface area contributed by atoms with Crippen LogP contribution in [0.15, 0.2) is 48.9 Å². The minimum Gasteiger partial charge on any atom is -0.494 e. The zero-order valence-corrected chi connectivity index (χ0v) is 21.1. The van der Waals surface area contributed by atoms with Gasteiger partial charge in [0.25, 0.3) is 0 Å². The van der Waals surface area contributed by atoms with E-state index in [1.54, 1.807) is 31.4 Å². The molecule has 0 saturated heterocycles. The van der Waals surface area contributed by atoms with E-state index < -0.39 is 17.7 Å². The molecule has 1 aliphatic heterocycles. The Morgan fingerprint density at radius 1 is 1.11 bits per heavy atom. The van der Waals surface area contributed by atoms with Crippen LogP contribution in [0.25, 0.3) is 5.69 Å². The minimum atomic E-state index is -0.637. The van der Waals surface area contributed by atoms with E-state index in [1.807, 2.05) is 23.1 Å². The molecule has 0 amide bonds. The van der Waals surface area contributed by atoms with Gasteiger partial charge in [-0.1, -0.05) is 19.3 Å². The Hall–Kier alpha value is -4.28. The average molecular weight is 520 g/mol. The Kier molecular flexibility index (Phi) is 6.26. The second-order valence-electron chi connectivity index (χ2n) is 9.64. The third-order valence-electron chi connectivity index (χ3n) is 7.12. The molecule has 2 aromatic carbocycles. The number of aromatic nitrogens is 5. The lowest BCUT2D eigenvalue weighted by Gasteiger charge is -2.35. The van der Waals surface area contributed by atoms with Crippen molar-refractivity contribution in [2.45, 2.75) is 31.7 Å². The van der Waals surface area contributed by atoms with E-state index in [0.29, 0.717) is 40.4 Å². The number of methoxy groups -OCH3 is 1. The number of halogens is 2. The molecule has 1 aliphatic carbocycles. The van der Waals surface area contributed by atoms with Crippen molar-refractivity contribution in [2.24, 2.45) is 5.92 Å². The van der Waals surface area contributed by atoms with Crippen LogP contribution in [-0.2, 0) is 6.42 Å². The van der Waals surface area contributed by atoms with Crippen LogP contribution in [-0.4, -0.2) is 45.5 Å². The lowest BCUT2D eigenvalue weighted by atomic mass is 9.83. The summed E-state index contributed by atoms with van der Waals surface area (Å²) in [5, 5.41) is 7.84. The molecule has 1 saturated carbocycles. The normalized spacial score (nSPS) is 16.9. The van der Waals surface area contributed by atoms with Gasteiger partial charge in [-0.25, -0.2) is 23.4 Å². The highest BCUT2D eigenvalue weighted by Crippen LogP contribution is 2.38. The molecule has 9 nitrogen and oxygen atoms in total. The van der Waals surface area contributed by atoms with Gasteiger partial charge in [0.05, 0.1) is 19.3 Å². The number of ether oxygens (including phenoxy) is 2. The number of nitrogens with zero attached hydrogens (tertiary/aromatic N) is 6. The zero-order valence-electron chi connectivity index (χ0n) is 21.1. The van der Waals surface area contributed by atoms with Crippen molar-refractivity contribution in [1.29, 1.82) is 0 Å². The molecular formula is C27H27F2N7O2. The molecule has 196 valence electrons. The smallest absolute Gasteiger partial charge is 0.229 e. The Bertz CT molecular complexity index is 1450. The fourth-order valence-electron chi connectivity index (χ4n) is 4.83. The van der Waals surface area contributed by atoms with Gasteiger partial charge in [0.1, 0.15) is 36.0 Å². The van der Waals surface area contributed by atoms with Gasteiger partial charge in [0.15, 0.2) is 17.4 Å². The predicted octanol–water partition coefficient (Wildman–Crippen LogP) is 5.00. The third kappa shape index (κ3) is 4.71. The molecule has 0 bridgehead atoms. The van der Waals surface area contributed by atoms with Crippen molar-refractivity contribution < 1.29 is 18.3 Å². The number of anilines is 3. The Balaban J connectivity index is 1.21. The fourth-order valence-corrected chi connectivity index (χ4v) is 4.83. The summed E-state index contributed by atoms with van der Waals surface area (Å²) in [5.41, 5.74) is 1.95. The summed E-state index contributed by atoms with van der Waals surface area (Å²) in [5.74, 6) is 2.20. The molecule has 6 rings (SSSR count).